The molecule has 0 N–H and O–H groups in total. The first kappa shape index (κ1) is 76.4. The summed E-state index contributed by atoms with van der Waals surface area (Å²) in [5.74, 6) is 0.807. The second kappa shape index (κ2) is 30.6. The maximum absolute atomic E-state index is 15.3. The molecule has 4 aromatic carbocycles. The lowest BCUT2D eigenvalue weighted by Crippen LogP contribution is -2.58. The van der Waals surface area contributed by atoms with Crippen LogP contribution < -0.4 is 38.2 Å². The minimum Gasteiger partial charge on any atom is -0.497 e. The summed E-state index contributed by atoms with van der Waals surface area (Å²) < 4.78 is 90.7. The van der Waals surface area contributed by atoms with Gasteiger partial charge in [0.25, 0.3) is 21.9 Å². The van der Waals surface area contributed by atoms with Crippen molar-refractivity contribution in [3.05, 3.63) is 107 Å². The van der Waals surface area contributed by atoms with Gasteiger partial charge < -0.3 is 61.3 Å². The summed E-state index contributed by atoms with van der Waals surface area (Å²) >= 11 is 37.1. The minimum absolute atomic E-state index is 0.0280. The molecule has 0 saturated carbocycles. The molecular formula is C65H82Cl6N4O18SSi2. The number of hydrogen-bond donors (Lipinski definition) is 0. The fraction of sp³-hybridized carbons (Fsp3) is 0.508. The molecule has 0 bridgehead atoms. The van der Waals surface area contributed by atoms with Gasteiger partial charge in [-0.1, -0.05) is 135 Å². The molecule has 4 aliphatic rings. The Balaban J connectivity index is 1.10. The Morgan fingerprint density at radius 2 is 0.927 bits per heavy atom. The van der Waals surface area contributed by atoms with Gasteiger partial charge in [-0.05, 0) is 108 Å². The topological polar surface area (TPSA) is 226 Å². The molecular weight excluding hydrogens is 1430 g/mol. The van der Waals surface area contributed by atoms with Crippen LogP contribution in [0.25, 0.3) is 11.1 Å². The number of benzene rings is 4. The van der Waals surface area contributed by atoms with E-state index in [0.29, 0.717) is 11.5 Å². The number of hydrogen-bond acceptors (Lipinski definition) is 18. The van der Waals surface area contributed by atoms with Crippen molar-refractivity contribution in [2.75, 3.05) is 90.2 Å². The predicted octanol–water partition coefficient (Wildman–Crippen LogP) is 14.8. The van der Waals surface area contributed by atoms with Crippen molar-refractivity contribution in [3.63, 3.8) is 0 Å². The quantitative estimate of drug-likeness (QED) is 0.0260. The molecule has 0 aromatic heterocycles. The number of alkyl halides is 6. The highest BCUT2D eigenvalue weighted by Crippen LogP contribution is 2.50. The number of ether oxygens (including phenoxy) is 9. The van der Waals surface area contributed by atoms with Gasteiger partial charge in [-0.2, -0.15) is 8.42 Å². The second-order valence-corrected chi connectivity index (χ2v) is 42.4. The molecule has 4 heterocycles. The van der Waals surface area contributed by atoms with E-state index in [9.17, 15) is 18.0 Å². The molecule has 4 aromatic rings. The van der Waals surface area contributed by atoms with Crippen LogP contribution in [-0.4, -0.2) is 171 Å². The van der Waals surface area contributed by atoms with Crippen LogP contribution in [0, 0.1) is 0 Å². The first-order valence-electron chi connectivity index (χ1n) is 30.7. The van der Waals surface area contributed by atoms with Crippen molar-refractivity contribution < 1.29 is 83.3 Å². The second-order valence-electron chi connectivity index (χ2n) is 26.2. The van der Waals surface area contributed by atoms with Crippen molar-refractivity contribution in [2.45, 2.75) is 129 Å². The first-order valence-corrected chi connectivity index (χ1v) is 40.6. The maximum Gasteiger partial charge on any atom is 0.416 e. The maximum atomic E-state index is 15.3. The van der Waals surface area contributed by atoms with Crippen molar-refractivity contribution in [1.29, 1.82) is 0 Å². The summed E-state index contributed by atoms with van der Waals surface area (Å²) in [7, 11) is -4.87. The molecule has 31 heteroatoms. The summed E-state index contributed by atoms with van der Waals surface area (Å²) in [6.45, 7) is 19.4. The van der Waals surface area contributed by atoms with Gasteiger partial charge in [0, 0.05) is 31.0 Å². The van der Waals surface area contributed by atoms with E-state index in [0.717, 1.165) is 28.5 Å². The van der Waals surface area contributed by atoms with E-state index in [-0.39, 0.29) is 109 Å². The zero-order chi connectivity index (χ0) is 70.7. The Morgan fingerprint density at radius 1 is 0.531 bits per heavy atom. The van der Waals surface area contributed by atoms with Crippen molar-refractivity contribution in [2.24, 2.45) is 0 Å². The number of carbonyl (C=O) groups excluding carboxylic acids is 4. The average molecular weight is 1510 g/mol. The van der Waals surface area contributed by atoms with Gasteiger partial charge in [0.1, 0.15) is 31.3 Å². The standard InChI is InChI=1S/C65H82Cl6N4O18SSi2/c1-62(2,3)95(11,12)92-58-50-30-42(40-16-20-44(82-7)21-17-40)36-72(50)56(76)46-32-52(83-8)54(34-48(46)74(58)60(78)89-38-64(66,67)68)87-24-15-25-88-55-35-49-47(33-53(55)84-9)57(77)73-37-43(41-18-22-45(23-19-41)86-28-26-85-27-29-91-94(10,80)81)31-51(73)59(93-96(13,14)63(4,5)6)75(49)61(79)90-39-65(69,70)71/h16-23,32-37,50-51,58-59H,15,24-31,38-39H2,1-14H3. The molecule has 4 amide bonds. The Kier molecular flexibility index (Phi) is 24.3. The van der Waals surface area contributed by atoms with Crippen LogP contribution in [0.3, 0.4) is 0 Å². The molecule has 0 saturated heterocycles. The number of rotatable bonds is 25. The Labute approximate surface area is 593 Å². The number of nitrogens with zero attached hydrogens (tertiary/aromatic N) is 4. The van der Waals surface area contributed by atoms with Gasteiger partial charge in [-0.25, -0.2) is 19.4 Å². The van der Waals surface area contributed by atoms with Gasteiger partial charge in [0.15, 0.2) is 52.1 Å². The van der Waals surface area contributed by atoms with E-state index in [1.165, 1.54) is 48.3 Å². The number of anilines is 2. The number of halogens is 6. The average Bonchev–Trinajstić information content (AvgIpc) is 1.58. The number of methoxy groups -OCH3 is 3. The predicted molar refractivity (Wildman–Crippen MR) is 376 cm³/mol. The monoisotopic (exact) mass is 1500 g/mol. The zero-order valence-electron chi connectivity index (χ0n) is 56.0. The fourth-order valence-corrected chi connectivity index (χ4v) is 13.6. The van der Waals surface area contributed by atoms with E-state index in [1.54, 1.807) is 41.4 Å². The molecule has 0 fully saturated rings. The van der Waals surface area contributed by atoms with Gasteiger partial charge in [-0.15, -0.1) is 0 Å². The van der Waals surface area contributed by atoms with Crippen LogP contribution >= 0.6 is 69.6 Å². The lowest BCUT2D eigenvalue weighted by Gasteiger charge is -2.44. The molecule has 0 aliphatic carbocycles. The third-order valence-electron chi connectivity index (χ3n) is 17.4. The highest BCUT2D eigenvalue weighted by Gasteiger charge is 2.54. The Morgan fingerprint density at radius 3 is 1.29 bits per heavy atom. The minimum atomic E-state index is -3.58. The van der Waals surface area contributed by atoms with E-state index in [4.69, 9.17) is 125 Å². The van der Waals surface area contributed by atoms with Crippen LogP contribution in [0.4, 0.5) is 21.0 Å². The van der Waals surface area contributed by atoms with Crippen molar-refractivity contribution >= 4 is 143 Å². The van der Waals surface area contributed by atoms with Gasteiger partial charge in [0.2, 0.25) is 7.59 Å². The molecule has 526 valence electrons. The van der Waals surface area contributed by atoms with Crippen molar-refractivity contribution in [1.82, 2.24) is 9.80 Å². The molecule has 22 nitrogen and oxygen atoms in total. The highest BCUT2D eigenvalue weighted by molar-refractivity contribution is 7.86. The molecule has 8 rings (SSSR count). The summed E-state index contributed by atoms with van der Waals surface area (Å²) in [5, 5.41) is -0.779. The van der Waals surface area contributed by atoms with Gasteiger partial charge in [-0.3, -0.25) is 13.8 Å². The van der Waals surface area contributed by atoms with Crippen LogP contribution in [0.2, 0.25) is 36.3 Å². The van der Waals surface area contributed by atoms with Crippen molar-refractivity contribution in [3.8, 4) is 34.5 Å². The van der Waals surface area contributed by atoms with E-state index >= 15 is 9.59 Å². The third-order valence-corrected chi connectivity index (χ3v) is 27.5. The third kappa shape index (κ3) is 18.5. The largest absolute Gasteiger partial charge is 0.497 e. The summed E-state index contributed by atoms with van der Waals surface area (Å²) in [5.41, 5.74) is 3.39. The number of fused-ring (bicyclic) bond motifs is 4. The Hall–Kier alpha value is -5.40. The van der Waals surface area contributed by atoms with Crippen LogP contribution in [0.15, 0.2) is 85.2 Å². The molecule has 0 radical (unpaired) electrons. The summed E-state index contributed by atoms with van der Waals surface area (Å²) in [6.07, 6.45) is 0.895. The molecule has 4 atom stereocenters. The number of amides is 4. The van der Waals surface area contributed by atoms with E-state index < -0.39 is 101 Å². The molecule has 4 aliphatic heterocycles. The van der Waals surface area contributed by atoms with Crippen LogP contribution in [0.5, 0.6) is 34.5 Å². The SMILES string of the molecule is COc1ccc(C2=CN3C(=O)c4cc(OC)c(OCCCOc5cc6c(cc5OC)C(=O)N5C=C(c7ccc(OCCOCCOS(C)(=O)=O)cc7)CC5C(O[Si](C)(C)C(C)(C)C)N6C(=O)OCC(Cl)(Cl)Cl)cc4N(C(=O)OCC(Cl)(Cl)Cl)C(O[Si](C)(C)C(C)(C)C)C3C2)cc1. The molecule has 4 unspecified atom stereocenters. The van der Waals surface area contributed by atoms with Gasteiger partial charge in [0.05, 0.1) is 95.2 Å². The van der Waals surface area contributed by atoms with Crippen LogP contribution in [-0.2, 0) is 37.4 Å². The highest BCUT2D eigenvalue weighted by atomic mass is 35.6. The fourth-order valence-electron chi connectivity index (χ4n) is 10.4. The molecule has 0 spiro atoms. The smallest absolute Gasteiger partial charge is 0.416 e. The molecule has 96 heavy (non-hydrogen) atoms. The lowest BCUT2D eigenvalue weighted by atomic mass is 10.0. The summed E-state index contributed by atoms with van der Waals surface area (Å²) in [4.78, 5) is 66.0. The normalized spacial score (nSPS) is 18.5. The lowest BCUT2D eigenvalue weighted by molar-refractivity contribution is 0.0584. The van der Waals surface area contributed by atoms with E-state index in [1.807, 2.05) is 83.4 Å². The first-order chi connectivity index (χ1) is 44.7. The number of carbonyl (C=O) groups is 4. The van der Waals surface area contributed by atoms with E-state index in [2.05, 4.69) is 20.8 Å². The zero-order valence-corrected chi connectivity index (χ0v) is 63.3. The Bertz CT molecular complexity index is 3670. The van der Waals surface area contributed by atoms with Gasteiger partial charge >= 0.3 is 12.2 Å². The van der Waals surface area contributed by atoms with Crippen LogP contribution in [0.1, 0.15) is 92.6 Å². The summed E-state index contributed by atoms with van der Waals surface area (Å²) in [6, 6.07) is 19.1.